The molecule has 4 heteroatoms. The number of rotatable bonds is 4. The molecule has 0 bridgehead atoms. The number of fused-ring (bicyclic) bond motifs is 1. The number of carbonyl (C=O) groups is 1. The third-order valence-electron chi connectivity index (χ3n) is 5.63. The molecule has 3 nitrogen and oxygen atoms in total. The molecule has 3 aromatic rings. The van der Waals surface area contributed by atoms with Crippen molar-refractivity contribution in [3.8, 4) is 0 Å². The van der Waals surface area contributed by atoms with E-state index in [1.165, 1.54) is 11.0 Å². The zero-order valence-electron chi connectivity index (χ0n) is 16.8. The molecule has 0 aromatic heterocycles. The van der Waals surface area contributed by atoms with Crippen molar-refractivity contribution < 1.29 is 4.79 Å². The van der Waals surface area contributed by atoms with Crippen molar-refractivity contribution in [2.75, 3.05) is 20.1 Å². The summed E-state index contributed by atoms with van der Waals surface area (Å²) >= 11 is 6.39. The Morgan fingerprint density at radius 3 is 2.69 bits per heavy atom. The summed E-state index contributed by atoms with van der Waals surface area (Å²) < 4.78 is 0. The number of amides is 1. The van der Waals surface area contributed by atoms with Crippen molar-refractivity contribution in [2.45, 2.75) is 19.4 Å². The van der Waals surface area contributed by atoms with Crippen LogP contribution >= 0.6 is 11.6 Å². The predicted molar refractivity (Wildman–Crippen MR) is 121 cm³/mol. The summed E-state index contributed by atoms with van der Waals surface area (Å²) in [5.41, 5.74) is 3.97. The molecule has 29 heavy (non-hydrogen) atoms. The Morgan fingerprint density at radius 2 is 1.90 bits per heavy atom. The molecular weight excluding hydrogens is 380 g/mol. The molecule has 4 rings (SSSR count). The zero-order valence-corrected chi connectivity index (χ0v) is 17.5. The number of benzene rings is 3. The van der Waals surface area contributed by atoms with E-state index < -0.39 is 0 Å². The van der Waals surface area contributed by atoms with E-state index in [-0.39, 0.29) is 11.9 Å². The molecule has 1 N–H and O–H groups in total. The quantitative estimate of drug-likeness (QED) is 0.604. The molecule has 1 aliphatic heterocycles. The summed E-state index contributed by atoms with van der Waals surface area (Å²) in [5.74, 6) is -0.147. The van der Waals surface area contributed by atoms with Crippen molar-refractivity contribution in [1.29, 1.82) is 0 Å². The van der Waals surface area contributed by atoms with Gasteiger partial charge in [-0.25, -0.2) is 0 Å². The van der Waals surface area contributed by atoms with Gasteiger partial charge in [-0.05, 0) is 60.0 Å². The average Bonchev–Trinajstić information content (AvgIpc) is 2.74. The normalized spacial score (nSPS) is 15.8. The van der Waals surface area contributed by atoms with Crippen LogP contribution in [0.25, 0.3) is 16.3 Å². The fourth-order valence-corrected chi connectivity index (χ4v) is 4.12. The minimum Gasteiger partial charge on any atom is -0.345 e. The maximum atomic E-state index is 13.0. The first-order valence-electron chi connectivity index (χ1n) is 9.99. The van der Waals surface area contributed by atoms with Gasteiger partial charge in [-0.3, -0.25) is 4.79 Å². The molecule has 0 radical (unpaired) electrons. The molecular formula is C25H25ClN2O. The lowest BCUT2D eigenvalue weighted by molar-refractivity contribution is 0.0940. The molecule has 1 aliphatic rings. The van der Waals surface area contributed by atoms with E-state index in [1.807, 2.05) is 43.3 Å². The number of likely N-dealkylation sites (N-methyl/N-ethyl adjacent to an activating group) is 1. The maximum absolute atomic E-state index is 13.0. The monoisotopic (exact) mass is 404 g/mol. The molecule has 1 atom stereocenters. The lowest BCUT2D eigenvalue weighted by Gasteiger charge is -2.22. The minimum absolute atomic E-state index is 0.129. The van der Waals surface area contributed by atoms with Crippen LogP contribution < -0.4 is 5.32 Å². The van der Waals surface area contributed by atoms with E-state index in [1.54, 1.807) is 0 Å². The third kappa shape index (κ3) is 4.21. The van der Waals surface area contributed by atoms with Gasteiger partial charge in [0.25, 0.3) is 5.91 Å². The first-order chi connectivity index (χ1) is 14.0. The van der Waals surface area contributed by atoms with E-state index in [9.17, 15) is 4.79 Å². The van der Waals surface area contributed by atoms with Gasteiger partial charge in [-0.2, -0.15) is 0 Å². The second kappa shape index (κ2) is 8.40. The van der Waals surface area contributed by atoms with Crippen molar-refractivity contribution in [3.63, 3.8) is 0 Å². The van der Waals surface area contributed by atoms with Crippen LogP contribution in [0.4, 0.5) is 0 Å². The summed E-state index contributed by atoms with van der Waals surface area (Å²) in [4.78, 5) is 15.3. The molecule has 0 saturated carbocycles. The highest BCUT2D eigenvalue weighted by atomic mass is 35.5. The van der Waals surface area contributed by atoms with Gasteiger partial charge in [-0.15, -0.1) is 0 Å². The number of hydrogen-bond acceptors (Lipinski definition) is 2. The van der Waals surface area contributed by atoms with Gasteiger partial charge in [0, 0.05) is 13.1 Å². The van der Waals surface area contributed by atoms with E-state index >= 15 is 0 Å². The molecule has 1 heterocycles. The van der Waals surface area contributed by atoms with E-state index in [0.717, 1.165) is 36.0 Å². The van der Waals surface area contributed by atoms with Gasteiger partial charge in [-0.1, -0.05) is 66.2 Å². The zero-order chi connectivity index (χ0) is 20.4. The molecule has 0 unspecified atom stereocenters. The largest absolute Gasteiger partial charge is 0.345 e. The van der Waals surface area contributed by atoms with E-state index in [2.05, 4.69) is 47.6 Å². The van der Waals surface area contributed by atoms with Crippen LogP contribution in [-0.2, 0) is 0 Å². The topological polar surface area (TPSA) is 32.3 Å². The van der Waals surface area contributed by atoms with Crippen molar-refractivity contribution in [3.05, 3.63) is 88.5 Å². The highest BCUT2D eigenvalue weighted by Crippen LogP contribution is 2.28. The summed E-state index contributed by atoms with van der Waals surface area (Å²) in [6.07, 6.45) is 3.21. The van der Waals surface area contributed by atoms with E-state index in [4.69, 9.17) is 11.6 Å². The molecule has 0 aliphatic carbocycles. The summed E-state index contributed by atoms with van der Waals surface area (Å²) in [6.45, 7) is 3.96. The second-order valence-electron chi connectivity index (χ2n) is 7.70. The number of nitrogens with one attached hydrogen (secondary N) is 1. The summed E-state index contributed by atoms with van der Waals surface area (Å²) in [5, 5.41) is 5.93. The van der Waals surface area contributed by atoms with Crippen LogP contribution in [0.15, 0.2) is 66.7 Å². The molecule has 1 amide bonds. The second-order valence-corrected chi connectivity index (χ2v) is 8.11. The Kier molecular flexibility index (Phi) is 5.70. The third-order valence-corrected chi connectivity index (χ3v) is 5.96. The number of nitrogens with zero attached hydrogens (tertiary/aromatic N) is 1. The van der Waals surface area contributed by atoms with Crippen molar-refractivity contribution >= 4 is 33.9 Å². The van der Waals surface area contributed by atoms with Crippen LogP contribution in [0.5, 0.6) is 0 Å². The lowest BCUT2D eigenvalue weighted by atomic mass is 9.97. The first kappa shape index (κ1) is 19.7. The molecule has 0 fully saturated rings. The van der Waals surface area contributed by atoms with Gasteiger partial charge in [0.15, 0.2) is 0 Å². The minimum atomic E-state index is -0.147. The van der Waals surface area contributed by atoms with Gasteiger partial charge < -0.3 is 10.2 Å². The molecule has 148 valence electrons. The summed E-state index contributed by atoms with van der Waals surface area (Å²) in [7, 11) is 2.11. The van der Waals surface area contributed by atoms with Crippen molar-refractivity contribution in [2.24, 2.45) is 0 Å². The fourth-order valence-electron chi connectivity index (χ4n) is 3.91. The Bertz CT molecular complexity index is 1080. The van der Waals surface area contributed by atoms with Gasteiger partial charge in [0.2, 0.25) is 0 Å². The van der Waals surface area contributed by atoms with Gasteiger partial charge in [0.1, 0.15) is 0 Å². The predicted octanol–water partition coefficient (Wildman–Crippen LogP) is 5.70. The fraction of sp³-hybridized carbons (Fsp3) is 0.240. The van der Waals surface area contributed by atoms with Gasteiger partial charge >= 0.3 is 0 Å². The maximum Gasteiger partial charge on any atom is 0.253 e. The Labute approximate surface area is 177 Å². The van der Waals surface area contributed by atoms with Crippen molar-refractivity contribution in [1.82, 2.24) is 10.2 Å². The molecule has 3 aromatic carbocycles. The van der Waals surface area contributed by atoms with Crippen LogP contribution in [0.1, 0.15) is 40.9 Å². The first-order valence-corrected chi connectivity index (χ1v) is 10.4. The van der Waals surface area contributed by atoms with Crippen LogP contribution in [0.2, 0.25) is 5.02 Å². The number of hydrogen-bond donors (Lipinski definition) is 1. The Balaban J connectivity index is 1.59. The standard InChI is InChI=1S/C25H25ClN2O/c1-17(21-9-5-7-19-6-3-4-8-22(19)21)27-25(29)23-16-20(10-11-24(23)26)18-12-14-28(2)15-13-18/h3-12,16-17H,13-15H2,1-2H3,(H,27,29)/t17-/m1/s1. The number of halogens is 1. The highest BCUT2D eigenvalue weighted by Gasteiger charge is 2.18. The smallest absolute Gasteiger partial charge is 0.253 e. The van der Waals surface area contributed by atoms with Gasteiger partial charge in [0.05, 0.1) is 16.6 Å². The van der Waals surface area contributed by atoms with Crippen LogP contribution in [0, 0.1) is 0 Å². The molecule has 0 spiro atoms. The van der Waals surface area contributed by atoms with Crippen LogP contribution in [-0.4, -0.2) is 30.9 Å². The van der Waals surface area contributed by atoms with E-state index in [0.29, 0.717) is 10.6 Å². The SMILES string of the molecule is C[C@@H](NC(=O)c1cc(C2=CCN(C)CC2)ccc1Cl)c1cccc2ccccc12. The highest BCUT2D eigenvalue weighted by molar-refractivity contribution is 6.34. The Hall–Kier alpha value is -2.62. The lowest BCUT2D eigenvalue weighted by Crippen LogP contribution is -2.27. The molecule has 0 saturated heterocycles. The summed E-state index contributed by atoms with van der Waals surface area (Å²) in [6, 6.07) is 20.0. The average molecular weight is 405 g/mol. The van der Waals surface area contributed by atoms with Crippen LogP contribution in [0.3, 0.4) is 0 Å². The number of carbonyl (C=O) groups excluding carboxylic acids is 1. The Morgan fingerprint density at radius 1 is 1.10 bits per heavy atom.